The van der Waals surface area contributed by atoms with Crippen LogP contribution in [-0.4, -0.2) is 26.9 Å². The lowest BCUT2D eigenvalue weighted by atomic mass is 9.97. The van der Waals surface area contributed by atoms with E-state index in [-0.39, 0.29) is 0 Å². The van der Waals surface area contributed by atoms with Crippen molar-refractivity contribution in [3.8, 4) is 0 Å². The summed E-state index contributed by atoms with van der Waals surface area (Å²) in [5, 5.41) is 13.6. The lowest BCUT2D eigenvalue weighted by molar-refractivity contribution is 0.424. The van der Waals surface area contributed by atoms with Crippen molar-refractivity contribution < 1.29 is 0 Å². The van der Waals surface area contributed by atoms with E-state index in [1.807, 2.05) is 21.1 Å². The molecule has 1 heterocycles. The largest absolute Gasteiger partial charge is 0.388 e. The molecule has 4 heteroatoms. The first kappa shape index (κ1) is 22.8. The standard InChI is InChI=1S/C24H42N4/c1-5-6-7-8-9-10-11-12-13-14-15-20-16-17-22-21(18-20)23(25-2)19-24(26-3,27-4)28-22/h16-19,25-28H,5-15H2,1-4H3. The quantitative estimate of drug-likeness (QED) is 0.261. The third kappa shape index (κ3) is 6.52. The van der Waals surface area contributed by atoms with Gasteiger partial charge in [0.25, 0.3) is 0 Å². The highest BCUT2D eigenvalue weighted by Gasteiger charge is 2.29. The van der Waals surface area contributed by atoms with Crippen LogP contribution in [0.15, 0.2) is 24.3 Å². The van der Waals surface area contributed by atoms with Crippen LogP contribution in [-0.2, 0) is 6.42 Å². The minimum Gasteiger partial charge on any atom is -0.388 e. The normalized spacial score (nSPS) is 14.9. The van der Waals surface area contributed by atoms with Crippen LogP contribution < -0.4 is 21.3 Å². The molecular formula is C24H42N4. The van der Waals surface area contributed by atoms with E-state index >= 15 is 0 Å². The summed E-state index contributed by atoms with van der Waals surface area (Å²) in [4.78, 5) is 0. The monoisotopic (exact) mass is 386 g/mol. The molecule has 28 heavy (non-hydrogen) atoms. The van der Waals surface area contributed by atoms with Gasteiger partial charge in [-0.25, -0.2) is 0 Å². The van der Waals surface area contributed by atoms with E-state index in [2.05, 4.69) is 52.5 Å². The number of nitrogens with one attached hydrogen (secondary N) is 4. The zero-order chi connectivity index (χ0) is 20.2. The Morgan fingerprint density at radius 2 is 1.43 bits per heavy atom. The Kier molecular flexibility index (Phi) is 9.86. The lowest BCUT2D eigenvalue weighted by Gasteiger charge is -2.37. The van der Waals surface area contributed by atoms with Crippen LogP contribution in [0, 0.1) is 0 Å². The van der Waals surface area contributed by atoms with Gasteiger partial charge in [-0.1, -0.05) is 70.8 Å². The minimum absolute atomic E-state index is 0.413. The van der Waals surface area contributed by atoms with Gasteiger partial charge in [0.2, 0.25) is 0 Å². The number of anilines is 1. The molecule has 2 rings (SSSR count). The highest BCUT2D eigenvalue weighted by atomic mass is 15.3. The Hall–Kier alpha value is -1.52. The number of fused-ring (bicyclic) bond motifs is 1. The van der Waals surface area contributed by atoms with E-state index in [1.165, 1.54) is 81.8 Å². The SMILES string of the molecule is CCCCCCCCCCCCc1ccc2c(c1)C(NC)=CC(NC)(NC)N2. The number of likely N-dealkylation sites (N-methyl/N-ethyl adjacent to an activating group) is 2. The number of unbranched alkanes of at least 4 members (excludes halogenated alkanes) is 9. The van der Waals surface area contributed by atoms with Crippen LogP contribution in [0.25, 0.3) is 5.70 Å². The van der Waals surface area contributed by atoms with Crippen molar-refractivity contribution in [1.82, 2.24) is 16.0 Å². The number of hydrogen-bond donors (Lipinski definition) is 4. The molecule has 1 aliphatic heterocycles. The first-order valence-corrected chi connectivity index (χ1v) is 11.4. The first-order valence-electron chi connectivity index (χ1n) is 11.4. The van der Waals surface area contributed by atoms with Crippen molar-refractivity contribution in [2.45, 2.75) is 83.3 Å². The summed E-state index contributed by atoms with van der Waals surface area (Å²) in [7, 11) is 5.90. The zero-order valence-electron chi connectivity index (χ0n) is 18.6. The molecule has 0 aromatic heterocycles. The number of hydrogen-bond acceptors (Lipinski definition) is 4. The predicted molar refractivity (Wildman–Crippen MR) is 123 cm³/mol. The number of rotatable bonds is 14. The molecule has 0 spiro atoms. The van der Waals surface area contributed by atoms with Crippen molar-refractivity contribution in [1.29, 1.82) is 0 Å². The highest BCUT2D eigenvalue weighted by molar-refractivity contribution is 5.80. The highest BCUT2D eigenvalue weighted by Crippen LogP contribution is 2.31. The molecule has 1 aromatic carbocycles. The summed E-state index contributed by atoms with van der Waals surface area (Å²) in [6.45, 7) is 2.28. The number of aryl methyl sites for hydroxylation is 1. The van der Waals surface area contributed by atoms with E-state index in [0.717, 1.165) is 11.4 Å². The second-order valence-electron chi connectivity index (χ2n) is 8.05. The Morgan fingerprint density at radius 1 is 0.821 bits per heavy atom. The van der Waals surface area contributed by atoms with Gasteiger partial charge < -0.3 is 10.6 Å². The molecule has 1 aromatic rings. The summed E-state index contributed by atoms with van der Waals surface area (Å²) < 4.78 is 0. The third-order valence-electron chi connectivity index (χ3n) is 5.94. The van der Waals surface area contributed by atoms with Crippen LogP contribution in [0.4, 0.5) is 5.69 Å². The molecule has 158 valence electrons. The molecule has 1 aliphatic rings. The van der Waals surface area contributed by atoms with Crippen molar-refractivity contribution in [2.75, 3.05) is 26.5 Å². The summed E-state index contributed by atoms with van der Waals surface area (Å²) >= 11 is 0. The first-order chi connectivity index (χ1) is 13.7. The van der Waals surface area contributed by atoms with E-state index in [1.54, 1.807) is 0 Å². The summed E-state index contributed by atoms with van der Waals surface area (Å²) in [6, 6.07) is 6.83. The van der Waals surface area contributed by atoms with Gasteiger partial charge in [0.15, 0.2) is 5.79 Å². The van der Waals surface area contributed by atoms with Crippen LogP contribution in [0.1, 0.15) is 82.3 Å². The second kappa shape index (κ2) is 12.1. The van der Waals surface area contributed by atoms with Gasteiger partial charge in [-0.05, 0) is 50.7 Å². The van der Waals surface area contributed by atoms with Gasteiger partial charge >= 0.3 is 0 Å². The second-order valence-corrected chi connectivity index (χ2v) is 8.05. The zero-order valence-corrected chi connectivity index (χ0v) is 18.6. The van der Waals surface area contributed by atoms with Crippen molar-refractivity contribution in [3.63, 3.8) is 0 Å². The Balaban J connectivity index is 1.77. The van der Waals surface area contributed by atoms with E-state index in [4.69, 9.17) is 0 Å². The predicted octanol–water partition coefficient (Wildman–Crippen LogP) is 5.23. The van der Waals surface area contributed by atoms with Gasteiger partial charge in [0.1, 0.15) is 0 Å². The van der Waals surface area contributed by atoms with Crippen LogP contribution in [0.2, 0.25) is 0 Å². The molecular weight excluding hydrogens is 344 g/mol. The van der Waals surface area contributed by atoms with Crippen molar-refractivity contribution in [3.05, 3.63) is 35.4 Å². The fourth-order valence-electron chi connectivity index (χ4n) is 4.04. The average molecular weight is 387 g/mol. The van der Waals surface area contributed by atoms with E-state index in [9.17, 15) is 0 Å². The summed E-state index contributed by atoms with van der Waals surface area (Å²) in [5.41, 5.74) is 5.00. The Bertz CT molecular complexity index is 605. The smallest absolute Gasteiger partial charge is 0.165 e. The van der Waals surface area contributed by atoms with Crippen LogP contribution in [0.5, 0.6) is 0 Å². The molecule has 0 aliphatic carbocycles. The van der Waals surface area contributed by atoms with Crippen molar-refractivity contribution >= 4 is 11.4 Å². The Labute approximate surface area is 173 Å². The average Bonchev–Trinajstić information content (AvgIpc) is 2.74. The molecule has 0 amide bonds. The maximum absolute atomic E-state index is 3.57. The van der Waals surface area contributed by atoms with Gasteiger partial charge in [0.05, 0.1) is 0 Å². The number of benzene rings is 1. The lowest BCUT2D eigenvalue weighted by Crippen LogP contribution is -2.60. The third-order valence-corrected chi connectivity index (χ3v) is 5.94. The maximum Gasteiger partial charge on any atom is 0.165 e. The molecule has 4 nitrogen and oxygen atoms in total. The van der Waals surface area contributed by atoms with Gasteiger partial charge in [-0.2, -0.15) is 0 Å². The van der Waals surface area contributed by atoms with Crippen LogP contribution in [0.3, 0.4) is 0 Å². The van der Waals surface area contributed by atoms with Gasteiger partial charge in [-0.15, -0.1) is 0 Å². The van der Waals surface area contributed by atoms with Gasteiger partial charge in [-0.3, -0.25) is 10.6 Å². The molecule has 0 saturated carbocycles. The molecule has 0 unspecified atom stereocenters. The van der Waals surface area contributed by atoms with Crippen molar-refractivity contribution in [2.24, 2.45) is 0 Å². The summed E-state index contributed by atoms with van der Waals surface area (Å²) in [6.07, 6.45) is 17.2. The molecule has 0 atom stereocenters. The fraction of sp³-hybridized carbons (Fsp3) is 0.667. The molecule has 4 N–H and O–H groups in total. The van der Waals surface area contributed by atoms with E-state index in [0.29, 0.717) is 0 Å². The molecule has 0 fully saturated rings. The molecule has 0 radical (unpaired) electrons. The summed E-state index contributed by atoms with van der Waals surface area (Å²) in [5.74, 6) is -0.413. The topological polar surface area (TPSA) is 48.1 Å². The maximum atomic E-state index is 3.57. The fourth-order valence-corrected chi connectivity index (χ4v) is 4.04. The van der Waals surface area contributed by atoms with Gasteiger partial charge in [0, 0.05) is 24.0 Å². The molecule has 0 bridgehead atoms. The molecule has 0 saturated heterocycles. The minimum atomic E-state index is -0.413. The Morgan fingerprint density at radius 3 is 2.00 bits per heavy atom. The van der Waals surface area contributed by atoms with Crippen LogP contribution >= 0.6 is 0 Å². The van der Waals surface area contributed by atoms with E-state index < -0.39 is 5.79 Å².